The summed E-state index contributed by atoms with van der Waals surface area (Å²) in [5, 5.41) is 0.806. The molecular weight excluding hydrogens is 346 g/mol. The lowest BCUT2D eigenvalue weighted by molar-refractivity contribution is 0.249. The fourth-order valence-electron chi connectivity index (χ4n) is 3.88. The summed E-state index contributed by atoms with van der Waals surface area (Å²) in [5.74, 6) is 2.43. The number of aryl methyl sites for hydroxylation is 1. The van der Waals surface area contributed by atoms with Crippen LogP contribution in [0.1, 0.15) is 35.8 Å². The normalized spacial score (nSPS) is 23.7. The topological polar surface area (TPSA) is 58.3 Å². The third-order valence-corrected chi connectivity index (χ3v) is 5.66. The molecule has 0 atom stereocenters. The second-order valence-corrected chi connectivity index (χ2v) is 7.96. The van der Waals surface area contributed by atoms with Crippen LogP contribution in [0.3, 0.4) is 0 Å². The Morgan fingerprint density at radius 2 is 1.88 bits per heavy atom. The van der Waals surface area contributed by atoms with Crippen molar-refractivity contribution in [1.29, 1.82) is 0 Å². The van der Waals surface area contributed by atoms with E-state index in [-0.39, 0.29) is 0 Å². The van der Waals surface area contributed by atoms with Crippen molar-refractivity contribution in [3.63, 3.8) is 0 Å². The molecule has 2 heterocycles. The molecule has 6 heteroatoms. The summed E-state index contributed by atoms with van der Waals surface area (Å²) in [6, 6.07) is 10.7. The van der Waals surface area contributed by atoms with Gasteiger partial charge in [0.15, 0.2) is 0 Å². The molecule has 1 aromatic carbocycles. The van der Waals surface area contributed by atoms with Gasteiger partial charge in [0.2, 0.25) is 0 Å². The van der Waals surface area contributed by atoms with Gasteiger partial charge in [0, 0.05) is 61.5 Å². The molecule has 0 unspecified atom stereocenters. The predicted octanol–water partition coefficient (Wildman–Crippen LogP) is 2.97. The van der Waals surface area contributed by atoms with Gasteiger partial charge in [-0.1, -0.05) is 23.7 Å². The van der Waals surface area contributed by atoms with E-state index in [1.165, 1.54) is 5.56 Å². The van der Waals surface area contributed by atoms with Crippen molar-refractivity contribution < 1.29 is 0 Å². The average molecular weight is 372 g/mol. The minimum absolute atomic E-state index is 0.341. The summed E-state index contributed by atoms with van der Waals surface area (Å²) in [7, 11) is 0. The van der Waals surface area contributed by atoms with E-state index in [1.807, 2.05) is 19.1 Å². The lowest BCUT2D eigenvalue weighted by Crippen LogP contribution is -2.46. The largest absolute Gasteiger partial charge is 0.354 e. The number of aromatic nitrogens is 2. The van der Waals surface area contributed by atoms with Crippen molar-refractivity contribution in [2.45, 2.75) is 38.3 Å². The maximum Gasteiger partial charge on any atom is 0.132 e. The van der Waals surface area contributed by atoms with Gasteiger partial charge in [-0.3, -0.25) is 4.90 Å². The maximum atomic E-state index is 6.10. The van der Waals surface area contributed by atoms with Gasteiger partial charge < -0.3 is 10.6 Å². The first-order valence-corrected chi connectivity index (χ1v) is 9.77. The van der Waals surface area contributed by atoms with Crippen LogP contribution in [0.4, 0.5) is 5.82 Å². The summed E-state index contributed by atoms with van der Waals surface area (Å²) >= 11 is 6.10. The molecule has 5 nitrogen and oxygen atoms in total. The van der Waals surface area contributed by atoms with Gasteiger partial charge in [-0.25, -0.2) is 9.97 Å². The highest BCUT2D eigenvalue weighted by atomic mass is 35.5. The van der Waals surface area contributed by atoms with E-state index in [4.69, 9.17) is 17.3 Å². The molecule has 1 aromatic heterocycles. The Balaban J connectivity index is 1.38. The maximum absolute atomic E-state index is 6.10. The quantitative estimate of drug-likeness (QED) is 0.895. The van der Waals surface area contributed by atoms with Gasteiger partial charge in [0.25, 0.3) is 0 Å². The molecule has 0 amide bonds. The van der Waals surface area contributed by atoms with E-state index in [0.29, 0.717) is 12.0 Å². The highest BCUT2D eigenvalue weighted by Gasteiger charge is 2.29. The molecule has 1 saturated carbocycles. The van der Waals surface area contributed by atoms with Gasteiger partial charge in [0.05, 0.1) is 0 Å². The third kappa shape index (κ3) is 4.00. The molecule has 2 N–H and O–H groups in total. The first-order valence-electron chi connectivity index (χ1n) is 9.40. The highest BCUT2D eigenvalue weighted by Crippen LogP contribution is 2.35. The third-order valence-electron chi connectivity index (χ3n) is 5.43. The Hall–Kier alpha value is -1.69. The lowest BCUT2D eigenvalue weighted by atomic mass is 9.78. The Morgan fingerprint density at radius 1 is 1.12 bits per heavy atom. The van der Waals surface area contributed by atoms with E-state index in [1.54, 1.807) is 0 Å². The van der Waals surface area contributed by atoms with E-state index < -0.39 is 0 Å². The van der Waals surface area contributed by atoms with Gasteiger partial charge in [-0.2, -0.15) is 0 Å². The Morgan fingerprint density at radius 3 is 2.58 bits per heavy atom. The van der Waals surface area contributed by atoms with E-state index in [0.717, 1.165) is 67.9 Å². The highest BCUT2D eigenvalue weighted by molar-refractivity contribution is 6.30. The molecule has 1 aliphatic heterocycles. The summed E-state index contributed by atoms with van der Waals surface area (Å²) < 4.78 is 0. The predicted molar refractivity (Wildman–Crippen MR) is 106 cm³/mol. The van der Waals surface area contributed by atoms with Crippen LogP contribution >= 0.6 is 11.6 Å². The monoisotopic (exact) mass is 371 g/mol. The first-order chi connectivity index (χ1) is 12.6. The number of anilines is 1. The average Bonchev–Trinajstić information content (AvgIpc) is 2.59. The zero-order valence-corrected chi connectivity index (χ0v) is 16.0. The van der Waals surface area contributed by atoms with Crippen LogP contribution < -0.4 is 10.6 Å². The van der Waals surface area contributed by atoms with Gasteiger partial charge in [-0.15, -0.1) is 0 Å². The molecule has 26 heavy (non-hydrogen) atoms. The Bertz CT molecular complexity index is 767. The molecule has 2 aliphatic rings. The summed E-state index contributed by atoms with van der Waals surface area (Å²) in [5.41, 5.74) is 8.38. The smallest absolute Gasteiger partial charge is 0.132 e. The molecule has 0 radical (unpaired) electrons. The molecule has 0 bridgehead atoms. The van der Waals surface area contributed by atoms with Gasteiger partial charge >= 0.3 is 0 Å². The number of hydrogen-bond acceptors (Lipinski definition) is 5. The summed E-state index contributed by atoms with van der Waals surface area (Å²) in [6.07, 6.45) is 2.09. The minimum atomic E-state index is 0.341. The lowest BCUT2D eigenvalue weighted by Gasteiger charge is -2.36. The van der Waals surface area contributed by atoms with Gasteiger partial charge in [0.1, 0.15) is 11.6 Å². The van der Waals surface area contributed by atoms with Gasteiger partial charge in [-0.05, 0) is 37.5 Å². The van der Waals surface area contributed by atoms with E-state index in [2.05, 4.69) is 38.0 Å². The van der Waals surface area contributed by atoms with Crippen LogP contribution in [0.25, 0.3) is 0 Å². The molecule has 1 aliphatic carbocycles. The fourth-order valence-corrected chi connectivity index (χ4v) is 4.09. The molecule has 4 rings (SSSR count). The van der Waals surface area contributed by atoms with E-state index >= 15 is 0 Å². The van der Waals surface area contributed by atoms with Crippen LogP contribution in [-0.2, 0) is 6.54 Å². The standard InChI is InChI=1S/C20H26ClN5/c1-14-23-19(16-10-18(22)11-16)12-20(24-14)26-7-5-25(6-8-26)13-15-3-2-4-17(21)9-15/h2-4,9,12,16,18H,5-8,10-11,13,22H2,1H3. The summed E-state index contributed by atoms with van der Waals surface area (Å²) in [6.45, 7) is 6.96. The van der Waals surface area contributed by atoms with E-state index in [9.17, 15) is 0 Å². The molecule has 138 valence electrons. The second kappa shape index (κ2) is 7.51. The van der Waals surface area contributed by atoms with Crippen LogP contribution in [-0.4, -0.2) is 47.1 Å². The Labute approximate surface area is 160 Å². The van der Waals surface area contributed by atoms with Crippen molar-refractivity contribution in [1.82, 2.24) is 14.9 Å². The number of benzene rings is 1. The van der Waals surface area contributed by atoms with Crippen molar-refractivity contribution in [2.24, 2.45) is 5.73 Å². The first kappa shape index (κ1) is 17.7. The number of rotatable bonds is 4. The van der Waals surface area contributed by atoms with Crippen molar-refractivity contribution >= 4 is 17.4 Å². The number of halogens is 1. The van der Waals surface area contributed by atoms with Crippen molar-refractivity contribution in [3.05, 3.63) is 52.4 Å². The fraction of sp³-hybridized carbons (Fsp3) is 0.500. The van der Waals surface area contributed by atoms with Crippen molar-refractivity contribution in [3.8, 4) is 0 Å². The van der Waals surface area contributed by atoms with Crippen LogP contribution in [0.15, 0.2) is 30.3 Å². The Kier molecular flexibility index (Phi) is 5.11. The molecular formula is C20H26ClN5. The minimum Gasteiger partial charge on any atom is -0.354 e. The van der Waals surface area contributed by atoms with Crippen LogP contribution in [0.5, 0.6) is 0 Å². The number of hydrogen-bond donors (Lipinski definition) is 1. The number of nitrogens with zero attached hydrogens (tertiary/aromatic N) is 4. The van der Waals surface area contributed by atoms with Crippen LogP contribution in [0.2, 0.25) is 5.02 Å². The molecule has 0 spiro atoms. The summed E-state index contributed by atoms with van der Waals surface area (Å²) in [4.78, 5) is 14.2. The van der Waals surface area contributed by atoms with Crippen molar-refractivity contribution in [2.75, 3.05) is 31.1 Å². The van der Waals surface area contributed by atoms with Crippen LogP contribution in [0, 0.1) is 6.92 Å². The molecule has 1 saturated heterocycles. The number of piperazine rings is 1. The number of nitrogens with two attached hydrogens (primary N) is 1. The SMILES string of the molecule is Cc1nc(C2CC(N)C2)cc(N2CCN(Cc3cccc(Cl)c3)CC2)n1. The molecule has 2 fully saturated rings. The molecule has 2 aromatic rings. The zero-order valence-electron chi connectivity index (χ0n) is 15.2. The zero-order chi connectivity index (χ0) is 18.1. The second-order valence-electron chi connectivity index (χ2n) is 7.52.